The predicted molar refractivity (Wildman–Crippen MR) is 127 cm³/mol. The molecule has 1 aliphatic heterocycles. The number of pyridine rings is 1. The van der Waals surface area contributed by atoms with Crippen LogP contribution in [0.1, 0.15) is 11.3 Å². The van der Waals surface area contributed by atoms with Crippen LogP contribution >= 0.6 is 23.2 Å². The Morgan fingerprint density at radius 1 is 1.18 bits per heavy atom. The first-order valence-electron chi connectivity index (χ1n) is 10.2. The molecular formula is C20H22BCl2N3O6S. The molecule has 3 aromatic rings. The van der Waals surface area contributed by atoms with E-state index in [9.17, 15) is 18.5 Å². The highest BCUT2D eigenvalue weighted by atomic mass is 35.5. The van der Waals surface area contributed by atoms with Crippen LogP contribution in [0.4, 0.5) is 5.82 Å². The maximum Gasteiger partial charge on any atom is 0.471 e. The van der Waals surface area contributed by atoms with E-state index in [0.717, 1.165) is 5.39 Å². The number of para-hydroxylation sites is 1. The number of benzene rings is 1. The van der Waals surface area contributed by atoms with Gasteiger partial charge in [0.25, 0.3) is 0 Å². The number of nitrogens with one attached hydrogen (secondary N) is 1. The zero-order valence-corrected chi connectivity index (χ0v) is 19.8. The summed E-state index contributed by atoms with van der Waals surface area (Å²) in [5.74, 6) is -1.34. The van der Waals surface area contributed by atoms with Gasteiger partial charge in [-0.2, -0.15) is 0 Å². The number of rotatable bonds is 8. The standard InChI is InChI=1S/C20H22BCl2N3O6S/c22-15-10-16(23)20(26-5-7-31-8-6-26)24-17(15)12-33(29,30)25-19(21(27)28)9-13-11-32-18-4-2-1-3-14(13)18/h1-4,10-11,19,25,27-28H,5-9,12H2. The Labute approximate surface area is 201 Å². The minimum absolute atomic E-state index is 0.00865. The zero-order chi connectivity index (χ0) is 23.6. The van der Waals surface area contributed by atoms with Crippen LogP contribution < -0.4 is 9.62 Å². The normalized spacial score (nSPS) is 15.7. The van der Waals surface area contributed by atoms with Gasteiger partial charge in [-0.1, -0.05) is 41.4 Å². The molecule has 0 bridgehead atoms. The third-order valence-electron chi connectivity index (χ3n) is 5.31. The topological polar surface area (TPSA) is 125 Å². The number of halogens is 2. The van der Waals surface area contributed by atoms with Crippen LogP contribution in [0.2, 0.25) is 10.0 Å². The lowest BCUT2D eigenvalue weighted by Gasteiger charge is -2.29. The molecule has 1 unspecified atom stereocenters. The maximum atomic E-state index is 12.9. The molecule has 0 saturated carbocycles. The molecule has 1 saturated heterocycles. The molecule has 9 nitrogen and oxygen atoms in total. The lowest BCUT2D eigenvalue weighted by molar-refractivity contribution is 0.122. The molecule has 1 atom stereocenters. The van der Waals surface area contributed by atoms with E-state index < -0.39 is 28.8 Å². The molecule has 2 aromatic heterocycles. The highest BCUT2D eigenvalue weighted by Gasteiger charge is 2.31. The molecule has 3 heterocycles. The second kappa shape index (κ2) is 10.2. The highest BCUT2D eigenvalue weighted by molar-refractivity contribution is 7.88. The van der Waals surface area contributed by atoms with Gasteiger partial charge in [-0.15, -0.1) is 0 Å². The SMILES string of the molecule is O=S(=O)(Cc1nc(N2CCOCC2)c(Cl)cc1Cl)NC(Cc1coc2ccccc12)B(O)O. The monoisotopic (exact) mass is 513 g/mol. The van der Waals surface area contributed by atoms with E-state index >= 15 is 0 Å². The van der Waals surface area contributed by atoms with Crippen molar-refractivity contribution in [3.05, 3.63) is 57.9 Å². The average Bonchev–Trinajstić information content (AvgIpc) is 3.18. The summed E-state index contributed by atoms with van der Waals surface area (Å²) >= 11 is 12.5. The summed E-state index contributed by atoms with van der Waals surface area (Å²) in [6.45, 7) is 2.15. The van der Waals surface area contributed by atoms with Gasteiger partial charge in [0, 0.05) is 18.5 Å². The van der Waals surface area contributed by atoms with Crippen LogP contribution in [-0.4, -0.2) is 62.8 Å². The molecular weight excluding hydrogens is 492 g/mol. The second-order valence-corrected chi connectivity index (χ2v) is 10.2. The van der Waals surface area contributed by atoms with Gasteiger partial charge < -0.3 is 24.1 Å². The van der Waals surface area contributed by atoms with E-state index in [0.29, 0.717) is 48.3 Å². The third-order valence-corrected chi connectivity index (χ3v) is 7.23. The molecule has 4 rings (SSSR count). The Balaban J connectivity index is 1.53. The van der Waals surface area contributed by atoms with Gasteiger partial charge in [0.1, 0.15) is 17.2 Å². The summed E-state index contributed by atoms with van der Waals surface area (Å²) in [5.41, 5.74) is 1.37. The Morgan fingerprint density at radius 3 is 2.64 bits per heavy atom. The molecule has 0 radical (unpaired) electrons. The van der Waals surface area contributed by atoms with E-state index in [2.05, 4.69) is 9.71 Å². The molecule has 0 spiro atoms. The molecule has 3 N–H and O–H groups in total. The van der Waals surface area contributed by atoms with E-state index in [1.807, 2.05) is 23.1 Å². The van der Waals surface area contributed by atoms with E-state index in [1.54, 1.807) is 6.07 Å². The molecule has 1 fully saturated rings. The fourth-order valence-corrected chi connectivity index (χ4v) is 5.63. The number of morpholine rings is 1. The van der Waals surface area contributed by atoms with Crippen molar-refractivity contribution in [1.29, 1.82) is 0 Å². The number of fused-ring (bicyclic) bond motifs is 1. The van der Waals surface area contributed by atoms with E-state index in [4.69, 9.17) is 32.4 Å². The number of nitrogens with zero attached hydrogens (tertiary/aromatic N) is 2. The quantitative estimate of drug-likeness (QED) is 0.390. The van der Waals surface area contributed by atoms with Gasteiger partial charge in [0.15, 0.2) is 0 Å². The smallest absolute Gasteiger partial charge is 0.464 e. The van der Waals surface area contributed by atoms with Crippen LogP contribution in [0.5, 0.6) is 0 Å². The molecule has 33 heavy (non-hydrogen) atoms. The minimum atomic E-state index is -4.05. The first kappa shape index (κ1) is 24.3. The number of sulfonamides is 1. The first-order chi connectivity index (χ1) is 15.7. The lowest BCUT2D eigenvalue weighted by Crippen LogP contribution is -2.48. The van der Waals surface area contributed by atoms with Crippen molar-refractivity contribution in [3.63, 3.8) is 0 Å². The molecule has 13 heteroatoms. The average molecular weight is 514 g/mol. The number of aromatic nitrogens is 1. The van der Waals surface area contributed by atoms with Crippen molar-refractivity contribution in [1.82, 2.24) is 9.71 Å². The molecule has 1 aliphatic rings. The largest absolute Gasteiger partial charge is 0.471 e. The Hall–Kier alpha value is -1.86. The Bertz CT molecular complexity index is 1230. The second-order valence-electron chi connectivity index (χ2n) is 7.68. The lowest BCUT2D eigenvalue weighted by atomic mass is 9.77. The number of furan rings is 1. The minimum Gasteiger partial charge on any atom is -0.464 e. The number of ether oxygens (including phenoxy) is 1. The van der Waals surface area contributed by atoms with Crippen LogP contribution in [-0.2, 0) is 26.9 Å². The van der Waals surface area contributed by atoms with Crippen molar-refractivity contribution < 1.29 is 27.6 Å². The summed E-state index contributed by atoms with van der Waals surface area (Å²) in [6, 6.07) is 8.67. The van der Waals surface area contributed by atoms with Crippen LogP contribution in [0.3, 0.4) is 0 Å². The van der Waals surface area contributed by atoms with Gasteiger partial charge in [0.2, 0.25) is 10.0 Å². The van der Waals surface area contributed by atoms with Crippen molar-refractivity contribution in [2.24, 2.45) is 0 Å². The summed E-state index contributed by atoms with van der Waals surface area (Å²) in [4.78, 5) is 6.30. The van der Waals surface area contributed by atoms with Crippen molar-refractivity contribution in [2.75, 3.05) is 31.2 Å². The number of hydrogen-bond donors (Lipinski definition) is 3. The summed E-state index contributed by atoms with van der Waals surface area (Å²) < 4.78 is 39.0. The molecule has 0 aliphatic carbocycles. The summed E-state index contributed by atoms with van der Waals surface area (Å²) in [5, 5.41) is 20.9. The number of anilines is 1. The van der Waals surface area contributed by atoms with Crippen molar-refractivity contribution in [3.8, 4) is 0 Å². The van der Waals surface area contributed by atoms with E-state index in [1.165, 1.54) is 12.3 Å². The van der Waals surface area contributed by atoms with Crippen LogP contribution in [0.15, 0.2) is 41.0 Å². The first-order valence-corrected chi connectivity index (χ1v) is 12.6. The van der Waals surface area contributed by atoms with Gasteiger partial charge in [-0.25, -0.2) is 18.1 Å². The third kappa shape index (κ3) is 5.80. The van der Waals surface area contributed by atoms with Gasteiger partial charge in [-0.05, 0) is 24.1 Å². The summed E-state index contributed by atoms with van der Waals surface area (Å²) in [6.07, 6.45) is 1.48. The Kier molecular flexibility index (Phi) is 7.49. The maximum absolute atomic E-state index is 12.9. The predicted octanol–water partition coefficient (Wildman–Crippen LogP) is 2.01. The van der Waals surface area contributed by atoms with Crippen LogP contribution in [0, 0.1) is 0 Å². The van der Waals surface area contributed by atoms with Gasteiger partial charge in [-0.3, -0.25) is 0 Å². The zero-order valence-electron chi connectivity index (χ0n) is 17.4. The molecule has 176 valence electrons. The van der Waals surface area contributed by atoms with Crippen molar-refractivity contribution >= 4 is 57.1 Å². The molecule has 1 aromatic carbocycles. The fraction of sp³-hybridized carbons (Fsp3) is 0.350. The summed E-state index contributed by atoms with van der Waals surface area (Å²) in [7, 11) is -5.99. The fourth-order valence-electron chi connectivity index (χ4n) is 3.68. The Morgan fingerprint density at radius 2 is 1.91 bits per heavy atom. The highest BCUT2D eigenvalue weighted by Crippen LogP contribution is 2.30. The van der Waals surface area contributed by atoms with Crippen molar-refractivity contribution in [2.45, 2.75) is 18.1 Å². The van der Waals surface area contributed by atoms with Gasteiger partial charge in [0.05, 0.1) is 41.2 Å². The van der Waals surface area contributed by atoms with Gasteiger partial charge >= 0.3 is 7.12 Å². The number of hydrogen-bond acceptors (Lipinski definition) is 8. The van der Waals surface area contributed by atoms with E-state index in [-0.39, 0.29) is 17.1 Å². The van der Waals surface area contributed by atoms with Crippen LogP contribution in [0.25, 0.3) is 11.0 Å². The molecule has 0 amide bonds.